The zero-order valence-corrected chi connectivity index (χ0v) is 7.87. The minimum Gasteiger partial charge on any atom is -0.366 e. The number of hydrogen-bond acceptors (Lipinski definition) is 1. The van der Waals surface area contributed by atoms with Crippen LogP contribution in [0.5, 0.6) is 0 Å². The molecule has 2 N–H and O–H groups in total. The van der Waals surface area contributed by atoms with Crippen LogP contribution in [0.3, 0.4) is 0 Å². The Morgan fingerprint density at radius 1 is 1.31 bits per heavy atom. The molecule has 0 aliphatic rings. The van der Waals surface area contributed by atoms with Gasteiger partial charge in [-0.25, -0.2) is 0 Å². The fraction of sp³-hybridized carbons (Fsp3) is 0.182. The Morgan fingerprint density at radius 2 is 1.85 bits per heavy atom. The van der Waals surface area contributed by atoms with Crippen molar-refractivity contribution in [1.82, 2.24) is 0 Å². The predicted octanol–water partition coefficient (Wildman–Crippen LogP) is 2.21. The van der Waals surface area contributed by atoms with E-state index in [2.05, 4.69) is 0 Å². The Morgan fingerprint density at radius 3 is 2.31 bits per heavy atom. The van der Waals surface area contributed by atoms with Crippen LogP contribution < -0.4 is 5.73 Å². The van der Waals surface area contributed by atoms with Gasteiger partial charge in [-0.15, -0.1) is 0 Å². The Balaban J connectivity index is 3.28. The standard InChI is InChI=1S/C11H13NO/c1-3-8(2)9-6-4-5-7-10(9)11(12)13/h3-7H,1-2H3,(H2,12,13)/b8-3-. The molecule has 0 fully saturated rings. The lowest BCUT2D eigenvalue weighted by molar-refractivity contribution is 0.1000. The third kappa shape index (κ3) is 1.96. The van der Waals surface area contributed by atoms with Crippen LogP contribution in [-0.4, -0.2) is 5.91 Å². The van der Waals surface area contributed by atoms with E-state index in [9.17, 15) is 4.79 Å². The number of carbonyl (C=O) groups is 1. The van der Waals surface area contributed by atoms with Crippen molar-refractivity contribution in [2.45, 2.75) is 13.8 Å². The molecule has 0 atom stereocenters. The summed E-state index contributed by atoms with van der Waals surface area (Å²) in [6.07, 6.45) is 1.96. The molecule has 0 saturated heterocycles. The number of hydrogen-bond donors (Lipinski definition) is 1. The van der Waals surface area contributed by atoms with Crippen LogP contribution in [0, 0.1) is 0 Å². The number of nitrogens with two attached hydrogens (primary N) is 1. The number of carbonyl (C=O) groups excluding carboxylic acids is 1. The summed E-state index contributed by atoms with van der Waals surface area (Å²) < 4.78 is 0. The molecule has 0 unspecified atom stereocenters. The highest BCUT2D eigenvalue weighted by Crippen LogP contribution is 2.17. The third-order valence-electron chi connectivity index (χ3n) is 2.05. The largest absolute Gasteiger partial charge is 0.366 e. The summed E-state index contributed by atoms with van der Waals surface area (Å²) in [6, 6.07) is 7.35. The van der Waals surface area contributed by atoms with E-state index in [-0.39, 0.29) is 5.91 Å². The van der Waals surface area contributed by atoms with Crippen molar-refractivity contribution in [3.05, 3.63) is 41.5 Å². The van der Waals surface area contributed by atoms with Crippen molar-refractivity contribution in [3.8, 4) is 0 Å². The minimum atomic E-state index is -0.378. The lowest BCUT2D eigenvalue weighted by Crippen LogP contribution is -2.12. The van der Waals surface area contributed by atoms with Crippen molar-refractivity contribution in [2.75, 3.05) is 0 Å². The van der Waals surface area contributed by atoms with Crippen molar-refractivity contribution in [3.63, 3.8) is 0 Å². The van der Waals surface area contributed by atoms with E-state index < -0.39 is 0 Å². The van der Waals surface area contributed by atoms with Gasteiger partial charge in [0.15, 0.2) is 0 Å². The Bertz CT molecular complexity index is 353. The third-order valence-corrected chi connectivity index (χ3v) is 2.05. The highest BCUT2D eigenvalue weighted by Gasteiger charge is 2.06. The van der Waals surface area contributed by atoms with Gasteiger partial charge in [0.1, 0.15) is 0 Å². The van der Waals surface area contributed by atoms with Gasteiger partial charge in [-0.05, 0) is 31.1 Å². The van der Waals surface area contributed by atoms with Crippen LogP contribution in [-0.2, 0) is 0 Å². The quantitative estimate of drug-likeness (QED) is 0.735. The maximum atomic E-state index is 11.0. The van der Waals surface area contributed by atoms with Crippen molar-refractivity contribution in [2.24, 2.45) is 5.73 Å². The van der Waals surface area contributed by atoms with E-state index in [0.717, 1.165) is 11.1 Å². The SMILES string of the molecule is C/C=C(/C)c1ccccc1C(N)=O. The molecule has 13 heavy (non-hydrogen) atoms. The normalized spacial score (nSPS) is 11.4. The van der Waals surface area contributed by atoms with E-state index >= 15 is 0 Å². The second-order valence-corrected chi connectivity index (χ2v) is 2.88. The fourth-order valence-electron chi connectivity index (χ4n) is 1.20. The maximum Gasteiger partial charge on any atom is 0.249 e. The first kappa shape index (κ1) is 9.52. The summed E-state index contributed by atoms with van der Waals surface area (Å²) in [4.78, 5) is 11.0. The van der Waals surface area contributed by atoms with Crippen LogP contribution in [0.2, 0.25) is 0 Å². The van der Waals surface area contributed by atoms with Crippen LogP contribution in [0.15, 0.2) is 30.3 Å². The number of primary amides is 1. The summed E-state index contributed by atoms with van der Waals surface area (Å²) in [5, 5.41) is 0. The molecule has 1 amide bonds. The highest BCUT2D eigenvalue weighted by atomic mass is 16.1. The average molecular weight is 175 g/mol. The topological polar surface area (TPSA) is 43.1 Å². The van der Waals surface area contributed by atoms with Gasteiger partial charge in [-0.1, -0.05) is 24.3 Å². The maximum absolute atomic E-state index is 11.0. The summed E-state index contributed by atoms with van der Waals surface area (Å²) in [5.74, 6) is -0.378. The molecule has 0 saturated carbocycles. The molecule has 0 aliphatic carbocycles. The summed E-state index contributed by atoms with van der Waals surface area (Å²) >= 11 is 0. The zero-order valence-electron chi connectivity index (χ0n) is 7.87. The Hall–Kier alpha value is -1.57. The first-order valence-corrected chi connectivity index (χ1v) is 4.19. The van der Waals surface area contributed by atoms with Crippen LogP contribution in [0.25, 0.3) is 5.57 Å². The van der Waals surface area contributed by atoms with E-state index in [0.29, 0.717) is 5.56 Å². The molecule has 0 radical (unpaired) electrons. The van der Waals surface area contributed by atoms with E-state index in [1.165, 1.54) is 0 Å². The second kappa shape index (κ2) is 3.90. The number of allylic oxidation sites excluding steroid dienone is 2. The summed E-state index contributed by atoms with van der Waals surface area (Å²) in [5.41, 5.74) is 7.80. The molecule has 68 valence electrons. The molecule has 0 bridgehead atoms. The van der Waals surface area contributed by atoms with Gasteiger partial charge >= 0.3 is 0 Å². The smallest absolute Gasteiger partial charge is 0.249 e. The van der Waals surface area contributed by atoms with Gasteiger partial charge in [-0.2, -0.15) is 0 Å². The molecule has 0 aromatic heterocycles. The van der Waals surface area contributed by atoms with Gasteiger partial charge in [0, 0.05) is 5.56 Å². The monoisotopic (exact) mass is 175 g/mol. The van der Waals surface area contributed by atoms with Crippen LogP contribution in [0.4, 0.5) is 0 Å². The Kier molecular flexibility index (Phi) is 2.85. The van der Waals surface area contributed by atoms with Crippen molar-refractivity contribution >= 4 is 11.5 Å². The molecule has 0 heterocycles. The van der Waals surface area contributed by atoms with Gasteiger partial charge < -0.3 is 5.73 Å². The lowest BCUT2D eigenvalue weighted by Gasteiger charge is -2.05. The van der Waals surface area contributed by atoms with Gasteiger partial charge in [0.2, 0.25) is 5.91 Å². The fourth-order valence-corrected chi connectivity index (χ4v) is 1.20. The van der Waals surface area contributed by atoms with Gasteiger partial charge in [0.05, 0.1) is 0 Å². The molecule has 0 aliphatic heterocycles. The van der Waals surface area contributed by atoms with E-state index in [1.54, 1.807) is 6.07 Å². The molecule has 2 heteroatoms. The molecular weight excluding hydrogens is 162 g/mol. The molecule has 0 spiro atoms. The second-order valence-electron chi connectivity index (χ2n) is 2.88. The van der Waals surface area contributed by atoms with Crippen molar-refractivity contribution in [1.29, 1.82) is 0 Å². The minimum absolute atomic E-state index is 0.378. The first-order valence-electron chi connectivity index (χ1n) is 4.19. The molecule has 1 aromatic carbocycles. The van der Waals surface area contributed by atoms with E-state index in [4.69, 9.17) is 5.73 Å². The molecule has 1 aromatic rings. The summed E-state index contributed by atoms with van der Waals surface area (Å²) in [6.45, 7) is 3.90. The molecule has 2 nitrogen and oxygen atoms in total. The Labute approximate surface area is 78.1 Å². The number of benzene rings is 1. The molecule has 1 rings (SSSR count). The first-order chi connectivity index (χ1) is 6.16. The highest BCUT2D eigenvalue weighted by molar-refractivity contribution is 5.97. The number of rotatable bonds is 2. The summed E-state index contributed by atoms with van der Waals surface area (Å²) in [7, 11) is 0. The van der Waals surface area contributed by atoms with Gasteiger partial charge in [0.25, 0.3) is 0 Å². The van der Waals surface area contributed by atoms with Crippen LogP contribution >= 0.6 is 0 Å². The number of amides is 1. The average Bonchev–Trinajstić information content (AvgIpc) is 2.16. The predicted molar refractivity (Wildman–Crippen MR) is 54.3 cm³/mol. The zero-order chi connectivity index (χ0) is 9.84. The van der Waals surface area contributed by atoms with E-state index in [1.807, 2.05) is 38.1 Å². The lowest BCUT2D eigenvalue weighted by atomic mass is 10.0. The van der Waals surface area contributed by atoms with Crippen molar-refractivity contribution < 1.29 is 4.79 Å². The molecular formula is C11H13NO. The van der Waals surface area contributed by atoms with Gasteiger partial charge in [-0.3, -0.25) is 4.79 Å². The van der Waals surface area contributed by atoms with Crippen LogP contribution in [0.1, 0.15) is 29.8 Å².